The van der Waals surface area contributed by atoms with E-state index in [1.54, 1.807) is 0 Å². The lowest BCUT2D eigenvalue weighted by molar-refractivity contribution is 0.592. The molecule has 2 heteroatoms. The highest BCUT2D eigenvalue weighted by atomic mass is 14.9. The monoisotopic (exact) mass is 282 g/mol. The van der Waals surface area contributed by atoms with Crippen molar-refractivity contribution in [2.24, 2.45) is 0 Å². The van der Waals surface area contributed by atoms with Gasteiger partial charge in [0, 0.05) is 12.4 Å². The van der Waals surface area contributed by atoms with E-state index in [0.29, 0.717) is 0 Å². The fourth-order valence-corrected chi connectivity index (χ4v) is 2.91. The summed E-state index contributed by atoms with van der Waals surface area (Å²) in [6, 6.07) is 6.76. The molecule has 21 heavy (non-hydrogen) atoms. The second-order valence-corrected chi connectivity index (χ2v) is 5.84. The van der Waals surface area contributed by atoms with Gasteiger partial charge in [-0.1, -0.05) is 13.0 Å². The summed E-state index contributed by atoms with van der Waals surface area (Å²) in [4.78, 5) is 4.15. The predicted octanol–water partition coefficient (Wildman–Crippen LogP) is 4.40. The number of pyridine rings is 1. The van der Waals surface area contributed by atoms with Crippen LogP contribution in [0.15, 0.2) is 30.6 Å². The lowest BCUT2D eigenvalue weighted by Crippen LogP contribution is -2.25. The number of hydrogen-bond acceptors (Lipinski definition) is 2. The molecule has 2 aromatic rings. The van der Waals surface area contributed by atoms with Crippen LogP contribution in [0.2, 0.25) is 0 Å². The van der Waals surface area contributed by atoms with Crippen molar-refractivity contribution in [2.75, 3.05) is 6.54 Å². The molecule has 0 saturated heterocycles. The average Bonchev–Trinajstić information content (AvgIpc) is 2.49. The Labute approximate surface area is 128 Å². The minimum atomic E-state index is 0.242. The molecule has 1 unspecified atom stereocenters. The minimum Gasteiger partial charge on any atom is -0.306 e. The van der Waals surface area contributed by atoms with Crippen molar-refractivity contribution in [3.8, 4) is 0 Å². The van der Waals surface area contributed by atoms with E-state index in [4.69, 9.17) is 0 Å². The molecular weight excluding hydrogens is 256 g/mol. The Bertz CT molecular complexity index is 576. The molecule has 1 atom stereocenters. The quantitative estimate of drug-likeness (QED) is 0.879. The molecule has 1 aromatic carbocycles. The Morgan fingerprint density at radius 2 is 1.57 bits per heavy atom. The molecule has 0 amide bonds. The van der Waals surface area contributed by atoms with Crippen molar-refractivity contribution >= 4 is 0 Å². The number of nitrogens with zero attached hydrogens (tertiary/aromatic N) is 1. The van der Waals surface area contributed by atoms with Crippen LogP contribution in [-0.4, -0.2) is 11.5 Å². The summed E-state index contributed by atoms with van der Waals surface area (Å²) in [5.41, 5.74) is 8.23. The standard InChI is InChI=1S/C19H26N2/c1-6-9-21-19(17-7-10-20-11-8-17)18-15(4)13(2)12-14(3)16(18)5/h7-8,10-12,19,21H,6,9H2,1-5H3. The summed E-state index contributed by atoms with van der Waals surface area (Å²) in [7, 11) is 0. The summed E-state index contributed by atoms with van der Waals surface area (Å²) >= 11 is 0. The van der Waals surface area contributed by atoms with Crippen LogP contribution in [0, 0.1) is 27.7 Å². The van der Waals surface area contributed by atoms with Crippen LogP contribution < -0.4 is 5.32 Å². The molecule has 1 heterocycles. The highest BCUT2D eigenvalue weighted by molar-refractivity contribution is 5.48. The molecular formula is C19H26N2. The van der Waals surface area contributed by atoms with Crippen LogP contribution in [0.4, 0.5) is 0 Å². The SMILES string of the molecule is CCCNC(c1ccncc1)c1c(C)c(C)cc(C)c1C. The van der Waals surface area contributed by atoms with Crippen LogP contribution >= 0.6 is 0 Å². The van der Waals surface area contributed by atoms with Gasteiger partial charge >= 0.3 is 0 Å². The summed E-state index contributed by atoms with van der Waals surface area (Å²) < 4.78 is 0. The number of benzene rings is 1. The third-order valence-electron chi connectivity index (χ3n) is 4.35. The van der Waals surface area contributed by atoms with Crippen molar-refractivity contribution < 1.29 is 0 Å². The van der Waals surface area contributed by atoms with Gasteiger partial charge in [0.1, 0.15) is 0 Å². The highest BCUT2D eigenvalue weighted by Crippen LogP contribution is 2.31. The van der Waals surface area contributed by atoms with Gasteiger partial charge in [-0.25, -0.2) is 0 Å². The number of aromatic nitrogens is 1. The molecule has 0 fully saturated rings. The van der Waals surface area contributed by atoms with E-state index in [0.717, 1.165) is 13.0 Å². The van der Waals surface area contributed by atoms with Gasteiger partial charge in [-0.15, -0.1) is 0 Å². The topological polar surface area (TPSA) is 24.9 Å². The third-order valence-corrected chi connectivity index (χ3v) is 4.35. The summed E-state index contributed by atoms with van der Waals surface area (Å²) in [5.74, 6) is 0. The van der Waals surface area contributed by atoms with Gasteiger partial charge in [-0.05, 0) is 86.2 Å². The lowest BCUT2D eigenvalue weighted by Gasteiger charge is -2.25. The van der Waals surface area contributed by atoms with E-state index in [1.807, 2.05) is 12.4 Å². The zero-order valence-electron chi connectivity index (χ0n) is 13.8. The van der Waals surface area contributed by atoms with E-state index in [-0.39, 0.29) is 6.04 Å². The first-order valence-electron chi connectivity index (χ1n) is 7.76. The fourth-order valence-electron chi connectivity index (χ4n) is 2.91. The van der Waals surface area contributed by atoms with Gasteiger partial charge in [0.2, 0.25) is 0 Å². The molecule has 1 aromatic heterocycles. The molecule has 0 aliphatic heterocycles. The van der Waals surface area contributed by atoms with Gasteiger partial charge in [0.05, 0.1) is 6.04 Å². The van der Waals surface area contributed by atoms with Crippen LogP contribution in [-0.2, 0) is 0 Å². The molecule has 0 aliphatic carbocycles. The van der Waals surface area contributed by atoms with Gasteiger partial charge in [0.15, 0.2) is 0 Å². The number of rotatable bonds is 5. The fraction of sp³-hybridized carbons (Fsp3) is 0.421. The second kappa shape index (κ2) is 6.86. The third kappa shape index (κ3) is 3.33. The Morgan fingerprint density at radius 3 is 2.10 bits per heavy atom. The Morgan fingerprint density at radius 1 is 1.00 bits per heavy atom. The number of hydrogen-bond donors (Lipinski definition) is 1. The lowest BCUT2D eigenvalue weighted by atomic mass is 9.87. The average molecular weight is 282 g/mol. The predicted molar refractivity (Wildman–Crippen MR) is 89.8 cm³/mol. The van der Waals surface area contributed by atoms with Crippen molar-refractivity contribution in [1.29, 1.82) is 0 Å². The normalized spacial score (nSPS) is 12.4. The van der Waals surface area contributed by atoms with Gasteiger partial charge < -0.3 is 5.32 Å². The molecule has 0 bridgehead atoms. The van der Waals surface area contributed by atoms with Gasteiger partial charge in [-0.2, -0.15) is 0 Å². The van der Waals surface area contributed by atoms with Gasteiger partial charge in [-0.3, -0.25) is 4.98 Å². The Hall–Kier alpha value is -1.67. The maximum atomic E-state index is 4.15. The Balaban J connectivity index is 2.57. The Kier molecular flexibility index (Phi) is 5.13. The molecule has 1 N–H and O–H groups in total. The molecule has 0 aliphatic rings. The molecule has 2 nitrogen and oxygen atoms in total. The zero-order chi connectivity index (χ0) is 15.4. The summed E-state index contributed by atoms with van der Waals surface area (Å²) in [6.07, 6.45) is 4.89. The largest absolute Gasteiger partial charge is 0.306 e. The van der Waals surface area contributed by atoms with Crippen molar-refractivity contribution in [3.63, 3.8) is 0 Å². The smallest absolute Gasteiger partial charge is 0.0583 e. The van der Waals surface area contributed by atoms with Crippen LogP contribution in [0.1, 0.15) is 52.8 Å². The van der Waals surface area contributed by atoms with Crippen LogP contribution in [0.5, 0.6) is 0 Å². The maximum Gasteiger partial charge on any atom is 0.0583 e. The first kappa shape index (κ1) is 15.7. The molecule has 112 valence electrons. The second-order valence-electron chi connectivity index (χ2n) is 5.84. The van der Waals surface area contributed by atoms with Crippen LogP contribution in [0.3, 0.4) is 0 Å². The van der Waals surface area contributed by atoms with Crippen molar-refractivity contribution in [1.82, 2.24) is 10.3 Å². The molecule has 0 saturated carbocycles. The van der Waals surface area contributed by atoms with E-state index < -0.39 is 0 Å². The van der Waals surface area contributed by atoms with Crippen molar-refractivity contribution in [2.45, 2.75) is 47.1 Å². The maximum absolute atomic E-state index is 4.15. The van der Waals surface area contributed by atoms with E-state index in [2.05, 4.69) is 63.1 Å². The first-order valence-corrected chi connectivity index (χ1v) is 7.76. The zero-order valence-corrected chi connectivity index (χ0v) is 13.8. The van der Waals surface area contributed by atoms with E-state index in [9.17, 15) is 0 Å². The summed E-state index contributed by atoms with van der Waals surface area (Å²) in [6.45, 7) is 12.1. The molecule has 2 rings (SSSR count). The first-order chi connectivity index (χ1) is 10.1. The minimum absolute atomic E-state index is 0.242. The van der Waals surface area contributed by atoms with Gasteiger partial charge in [0.25, 0.3) is 0 Å². The van der Waals surface area contributed by atoms with Crippen LogP contribution in [0.25, 0.3) is 0 Å². The van der Waals surface area contributed by atoms with Crippen molar-refractivity contribution in [3.05, 3.63) is 64.0 Å². The van der Waals surface area contributed by atoms with E-state index >= 15 is 0 Å². The highest BCUT2D eigenvalue weighted by Gasteiger charge is 2.19. The number of aryl methyl sites for hydroxylation is 2. The summed E-state index contributed by atoms with van der Waals surface area (Å²) in [5, 5.41) is 3.71. The molecule has 0 radical (unpaired) electrons. The number of nitrogens with one attached hydrogen (secondary N) is 1. The van der Waals surface area contributed by atoms with E-state index in [1.165, 1.54) is 33.4 Å². The molecule has 0 spiro atoms.